The Labute approximate surface area is 266 Å². The maximum atomic E-state index is 16.3. The van der Waals surface area contributed by atoms with Crippen molar-refractivity contribution in [2.24, 2.45) is 0 Å². The van der Waals surface area contributed by atoms with E-state index >= 15 is 4.39 Å². The molecule has 5 rings (SSSR count). The van der Waals surface area contributed by atoms with Crippen LogP contribution in [0.1, 0.15) is 39.7 Å². The summed E-state index contributed by atoms with van der Waals surface area (Å²) >= 11 is 5.89. The Balaban J connectivity index is 1.42. The highest BCUT2D eigenvalue weighted by atomic mass is 32.5. The van der Waals surface area contributed by atoms with Gasteiger partial charge in [-0.2, -0.15) is 0 Å². The number of rotatable bonds is 11. The lowest BCUT2D eigenvalue weighted by molar-refractivity contribution is -0.149. The van der Waals surface area contributed by atoms with Crippen molar-refractivity contribution in [3.8, 4) is 5.75 Å². The number of anilines is 1. The number of hydrogen-bond acceptors (Lipinski definition) is 11. The largest absolute Gasteiger partial charge is 0.462 e. The van der Waals surface area contributed by atoms with E-state index in [0.717, 1.165) is 10.8 Å². The Hall–Kier alpha value is -3.26. The van der Waals surface area contributed by atoms with Gasteiger partial charge in [0.1, 0.15) is 29.8 Å². The van der Waals surface area contributed by atoms with Gasteiger partial charge in [-0.15, -0.1) is 0 Å². The summed E-state index contributed by atoms with van der Waals surface area (Å²) in [6, 6.07) is 12.2. The Kier molecular flexibility index (Phi) is 9.46. The molecule has 3 heterocycles. The van der Waals surface area contributed by atoms with Crippen LogP contribution < -0.4 is 14.5 Å². The van der Waals surface area contributed by atoms with Crippen molar-refractivity contribution in [1.29, 1.82) is 0 Å². The number of carbonyl (C=O) groups excluding carboxylic acids is 1. The van der Waals surface area contributed by atoms with E-state index in [9.17, 15) is 9.90 Å². The minimum atomic E-state index is -3.54. The molecule has 242 valence electrons. The van der Waals surface area contributed by atoms with Gasteiger partial charge in [-0.1, -0.05) is 36.4 Å². The summed E-state index contributed by atoms with van der Waals surface area (Å²) in [7, 11) is 3.65. The van der Waals surface area contributed by atoms with Gasteiger partial charge in [-0.05, 0) is 57.9 Å². The van der Waals surface area contributed by atoms with Gasteiger partial charge in [0, 0.05) is 19.5 Å². The zero-order chi connectivity index (χ0) is 32.7. The zero-order valence-corrected chi connectivity index (χ0v) is 27.9. The fraction of sp³-hybridized carbons (Fsp3) is 0.467. The number of aliphatic hydroxyl groups excluding tert-OH is 1. The first-order valence-electron chi connectivity index (χ1n) is 14.5. The smallest absolute Gasteiger partial charge is 0.323 e. The van der Waals surface area contributed by atoms with Crippen LogP contribution in [0.4, 0.5) is 10.2 Å². The number of aliphatic hydroxyl groups is 1. The van der Waals surface area contributed by atoms with Crippen LogP contribution in [0, 0.1) is 6.92 Å². The molecule has 2 aromatic heterocycles. The molecule has 0 bridgehead atoms. The second-order valence-electron chi connectivity index (χ2n) is 11.6. The van der Waals surface area contributed by atoms with Crippen LogP contribution in [-0.2, 0) is 30.6 Å². The van der Waals surface area contributed by atoms with E-state index < -0.39 is 42.8 Å². The van der Waals surface area contributed by atoms with E-state index in [4.69, 9.17) is 30.3 Å². The minimum Gasteiger partial charge on any atom is -0.462 e. The molecule has 6 atom stereocenters. The molecule has 15 heteroatoms. The van der Waals surface area contributed by atoms with Crippen LogP contribution in [-0.4, -0.2) is 81.3 Å². The Morgan fingerprint density at radius 1 is 1.22 bits per heavy atom. The molecule has 1 aliphatic rings. The number of nitrogens with zero attached hydrogens (tertiary/aromatic N) is 5. The van der Waals surface area contributed by atoms with E-state index in [1.807, 2.05) is 50.5 Å². The summed E-state index contributed by atoms with van der Waals surface area (Å²) in [6.45, 7) is 4.17. The van der Waals surface area contributed by atoms with Gasteiger partial charge < -0.3 is 28.5 Å². The number of hydrogen-bond donors (Lipinski definition) is 2. The van der Waals surface area contributed by atoms with Gasteiger partial charge in [0.05, 0.1) is 19.0 Å². The minimum absolute atomic E-state index is 0.345. The van der Waals surface area contributed by atoms with Crippen LogP contribution in [0.5, 0.6) is 5.75 Å². The lowest BCUT2D eigenvalue weighted by atomic mass is 9.98. The molecular weight excluding hydrogens is 622 g/mol. The molecule has 0 spiro atoms. The van der Waals surface area contributed by atoms with Crippen LogP contribution >= 0.6 is 6.64 Å². The fourth-order valence-electron chi connectivity index (χ4n) is 5.13. The molecule has 12 nitrogen and oxygen atoms in total. The van der Waals surface area contributed by atoms with E-state index in [1.54, 1.807) is 38.7 Å². The molecule has 0 amide bonds. The van der Waals surface area contributed by atoms with Crippen LogP contribution in [0.3, 0.4) is 0 Å². The molecule has 2 N–H and O–H groups in total. The molecular formula is C30H38FN6O6PS. The summed E-state index contributed by atoms with van der Waals surface area (Å²) in [5.74, 6) is 0.928. The highest BCUT2D eigenvalue weighted by molar-refractivity contribution is 8.09. The molecule has 1 saturated heterocycles. The van der Waals surface area contributed by atoms with Crippen molar-refractivity contribution < 1.29 is 32.8 Å². The predicted molar refractivity (Wildman–Crippen MR) is 172 cm³/mol. The third-order valence-electron chi connectivity index (χ3n) is 7.34. The van der Waals surface area contributed by atoms with Crippen molar-refractivity contribution in [2.75, 3.05) is 25.6 Å². The predicted octanol–water partition coefficient (Wildman–Crippen LogP) is 4.59. The Bertz CT molecular complexity index is 1750. The summed E-state index contributed by atoms with van der Waals surface area (Å²) in [5, 5.41) is 15.8. The van der Waals surface area contributed by atoms with Gasteiger partial charge in [-0.25, -0.2) is 24.4 Å². The van der Waals surface area contributed by atoms with Crippen molar-refractivity contribution in [1.82, 2.24) is 24.6 Å². The number of alkyl halides is 1. The quantitative estimate of drug-likeness (QED) is 0.172. The van der Waals surface area contributed by atoms with E-state index in [-0.39, 0.29) is 12.7 Å². The van der Waals surface area contributed by atoms with E-state index in [0.29, 0.717) is 28.6 Å². The van der Waals surface area contributed by atoms with Crippen LogP contribution in [0.2, 0.25) is 0 Å². The molecule has 1 aliphatic heterocycles. The SMILES string of the molecule is Cc1nc(N(C)C)c2ncn([C@@H]3O[C@H](COP(=S)(N[C@@H](C)C(=O)OC(C)C)Oc4cccc5ccccc45)[C@@H](O)[C@@]3(C)F)c2n1. The summed E-state index contributed by atoms with van der Waals surface area (Å²) in [4.78, 5) is 27.8. The molecule has 0 radical (unpaired) electrons. The third kappa shape index (κ3) is 6.81. The molecule has 45 heavy (non-hydrogen) atoms. The number of carbonyl (C=O) groups is 1. The highest BCUT2D eigenvalue weighted by Gasteiger charge is 2.56. The van der Waals surface area contributed by atoms with Gasteiger partial charge in [0.15, 0.2) is 28.9 Å². The van der Waals surface area contributed by atoms with Crippen molar-refractivity contribution in [3.63, 3.8) is 0 Å². The average molecular weight is 661 g/mol. The maximum absolute atomic E-state index is 16.3. The summed E-state index contributed by atoms with van der Waals surface area (Å²) in [5.41, 5.74) is -1.44. The number of imidazole rings is 1. The van der Waals surface area contributed by atoms with E-state index in [1.165, 1.54) is 17.8 Å². The van der Waals surface area contributed by atoms with Gasteiger partial charge in [0.2, 0.25) is 0 Å². The molecule has 0 saturated carbocycles. The molecule has 4 aromatic rings. The average Bonchev–Trinajstić information content (AvgIpc) is 3.48. The third-order valence-corrected chi connectivity index (χ3v) is 9.83. The second kappa shape index (κ2) is 12.9. The topological polar surface area (TPSA) is 133 Å². The Morgan fingerprint density at radius 2 is 1.93 bits per heavy atom. The van der Waals surface area contributed by atoms with Crippen molar-refractivity contribution >= 4 is 52.2 Å². The second-order valence-corrected chi connectivity index (χ2v) is 14.8. The number of ether oxygens (including phenoxy) is 2. The number of benzene rings is 2. The first kappa shape index (κ1) is 33.1. The Morgan fingerprint density at radius 3 is 2.64 bits per heavy atom. The number of aryl methyl sites for hydroxylation is 1. The van der Waals surface area contributed by atoms with Crippen LogP contribution in [0.25, 0.3) is 21.9 Å². The number of aromatic nitrogens is 4. The van der Waals surface area contributed by atoms with Crippen molar-refractivity contribution in [3.05, 3.63) is 54.6 Å². The standard InChI is InChI=1S/C30H38FN6O6PS/c1-17(2)41-28(39)18(3)35-44(45,43-22-14-10-12-20-11-8-9-13-21(20)22)40-15-23-25(38)30(5,31)29(42-23)37-16-32-24-26(36(6)7)33-19(4)34-27(24)37/h8-14,16-18,23,25,29,38H,15H2,1-7H3,(H,35,45)/t18-,23+,25+,29+,30+,44?/m0/s1. The van der Waals surface area contributed by atoms with E-state index in [2.05, 4.69) is 20.0 Å². The fourth-order valence-corrected chi connectivity index (χ4v) is 7.55. The molecule has 1 fully saturated rings. The number of halogens is 1. The number of fused-ring (bicyclic) bond motifs is 2. The van der Waals surface area contributed by atoms with Crippen LogP contribution in [0.15, 0.2) is 48.8 Å². The summed E-state index contributed by atoms with van der Waals surface area (Å²) < 4.78 is 41.6. The lowest BCUT2D eigenvalue weighted by Gasteiger charge is -2.28. The maximum Gasteiger partial charge on any atom is 0.323 e. The van der Waals surface area contributed by atoms with Gasteiger partial charge in [0.25, 0.3) is 0 Å². The lowest BCUT2D eigenvalue weighted by Crippen LogP contribution is -2.41. The zero-order valence-electron chi connectivity index (χ0n) is 26.2. The molecule has 2 aromatic carbocycles. The molecule has 1 unspecified atom stereocenters. The van der Waals surface area contributed by atoms with Gasteiger partial charge >= 0.3 is 12.6 Å². The van der Waals surface area contributed by atoms with Crippen molar-refractivity contribution in [2.45, 2.75) is 70.9 Å². The highest BCUT2D eigenvalue weighted by Crippen LogP contribution is 2.49. The monoisotopic (exact) mass is 660 g/mol. The number of esters is 1. The molecule has 0 aliphatic carbocycles. The first-order chi connectivity index (χ1) is 21.2. The first-order valence-corrected chi connectivity index (χ1v) is 17.1. The summed E-state index contributed by atoms with van der Waals surface area (Å²) in [6.07, 6.45) is -2.98. The normalized spacial score (nSPS) is 23.7. The number of nitrogens with one attached hydrogen (secondary N) is 1. The van der Waals surface area contributed by atoms with Gasteiger partial charge in [-0.3, -0.25) is 9.36 Å².